The molecule has 5 heteroatoms. The number of benzene rings is 2. The van der Waals surface area contributed by atoms with Gasteiger partial charge >= 0.3 is 0 Å². The molecular formula is C24H26N2O2S. The van der Waals surface area contributed by atoms with Gasteiger partial charge in [0.05, 0.1) is 0 Å². The van der Waals surface area contributed by atoms with E-state index >= 15 is 0 Å². The predicted octanol–water partition coefficient (Wildman–Crippen LogP) is 4.65. The van der Waals surface area contributed by atoms with E-state index in [1.807, 2.05) is 16.8 Å². The first kappa shape index (κ1) is 19.6. The Balaban J connectivity index is 1.31. The molecule has 1 fully saturated rings. The molecule has 1 atom stereocenters. The zero-order valence-corrected chi connectivity index (χ0v) is 17.3. The summed E-state index contributed by atoms with van der Waals surface area (Å²) in [5, 5.41) is 9.16. The summed E-state index contributed by atoms with van der Waals surface area (Å²) >= 11 is 1.51. The van der Waals surface area contributed by atoms with Gasteiger partial charge in [-0.1, -0.05) is 42.5 Å². The highest BCUT2D eigenvalue weighted by Gasteiger charge is 2.28. The number of hydrogen-bond acceptors (Lipinski definition) is 3. The number of nitrogens with one attached hydrogen (secondary N) is 1. The van der Waals surface area contributed by atoms with Gasteiger partial charge in [-0.3, -0.25) is 9.59 Å². The number of carbonyl (C=O) groups excluding carboxylic acids is 2. The Labute approximate surface area is 175 Å². The highest BCUT2D eigenvalue weighted by molar-refractivity contribution is 7.08. The Morgan fingerprint density at radius 3 is 2.83 bits per heavy atom. The van der Waals surface area contributed by atoms with Crippen LogP contribution in [0.4, 0.5) is 0 Å². The Bertz CT molecular complexity index is 978. The summed E-state index contributed by atoms with van der Waals surface area (Å²) in [5.41, 5.74) is 2.01. The van der Waals surface area contributed by atoms with E-state index in [0.29, 0.717) is 24.9 Å². The number of amides is 2. The van der Waals surface area contributed by atoms with Gasteiger partial charge in [-0.25, -0.2) is 0 Å². The lowest BCUT2D eigenvalue weighted by Crippen LogP contribution is -2.37. The number of likely N-dealkylation sites (tertiary alicyclic amines) is 1. The monoisotopic (exact) mass is 406 g/mol. The van der Waals surface area contributed by atoms with Gasteiger partial charge in [0.15, 0.2) is 0 Å². The van der Waals surface area contributed by atoms with Crippen molar-refractivity contribution in [3.8, 4) is 0 Å². The van der Waals surface area contributed by atoms with Crippen LogP contribution in [0.1, 0.15) is 41.6 Å². The standard InChI is InChI=1S/C24H26N2O2S/c27-23(11-4-13-25-24(28)20-12-15-29-17-20)26-14-5-9-21(26)16-19-8-3-7-18-6-1-2-10-22(18)19/h1-3,6-8,10,12,15,17,21H,4-5,9,11,13-14,16H2,(H,25,28)/t21-/m1/s1. The summed E-state index contributed by atoms with van der Waals surface area (Å²) in [6.07, 6.45) is 4.18. The average molecular weight is 407 g/mol. The fourth-order valence-electron chi connectivity index (χ4n) is 4.18. The molecule has 2 heterocycles. The lowest BCUT2D eigenvalue weighted by Gasteiger charge is -2.25. The van der Waals surface area contributed by atoms with Crippen molar-refractivity contribution in [2.75, 3.05) is 13.1 Å². The van der Waals surface area contributed by atoms with Crippen LogP contribution in [0, 0.1) is 0 Å². The van der Waals surface area contributed by atoms with Crippen LogP contribution < -0.4 is 5.32 Å². The highest BCUT2D eigenvalue weighted by atomic mass is 32.1. The largest absolute Gasteiger partial charge is 0.352 e. The molecule has 4 rings (SSSR count). The first-order valence-electron chi connectivity index (χ1n) is 10.3. The van der Waals surface area contributed by atoms with E-state index in [-0.39, 0.29) is 17.9 Å². The minimum Gasteiger partial charge on any atom is -0.352 e. The SMILES string of the molecule is O=C(NCCCC(=O)N1CCC[C@@H]1Cc1cccc2ccccc12)c1ccsc1. The molecule has 0 radical (unpaired) electrons. The van der Waals surface area contributed by atoms with Crippen LogP contribution in [-0.2, 0) is 11.2 Å². The smallest absolute Gasteiger partial charge is 0.252 e. The van der Waals surface area contributed by atoms with Gasteiger partial charge in [0, 0.05) is 36.5 Å². The predicted molar refractivity (Wildman–Crippen MR) is 118 cm³/mol. The molecule has 2 aromatic carbocycles. The molecule has 1 N–H and O–H groups in total. The summed E-state index contributed by atoms with van der Waals surface area (Å²) in [5.74, 6) is 0.145. The molecule has 0 saturated carbocycles. The van der Waals surface area contributed by atoms with Gasteiger partial charge in [0.25, 0.3) is 5.91 Å². The van der Waals surface area contributed by atoms with E-state index in [0.717, 1.165) is 25.8 Å². The van der Waals surface area contributed by atoms with Crippen molar-refractivity contribution in [1.82, 2.24) is 10.2 Å². The van der Waals surface area contributed by atoms with Crippen molar-refractivity contribution in [2.24, 2.45) is 0 Å². The van der Waals surface area contributed by atoms with E-state index in [2.05, 4.69) is 52.7 Å². The van der Waals surface area contributed by atoms with Crippen LogP contribution in [0.15, 0.2) is 59.3 Å². The fourth-order valence-corrected chi connectivity index (χ4v) is 4.82. The zero-order valence-electron chi connectivity index (χ0n) is 16.5. The zero-order chi connectivity index (χ0) is 20.1. The number of nitrogens with zero attached hydrogens (tertiary/aromatic N) is 1. The van der Waals surface area contributed by atoms with Gasteiger partial charge in [-0.05, 0) is 53.5 Å². The lowest BCUT2D eigenvalue weighted by atomic mass is 9.97. The molecule has 29 heavy (non-hydrogen) atoms. The second-order valence-electron chi connectivity index (χ2n) is 7.60. The Morgan fingerprint density at radius 2 is 1.97 bits per heavy atom. The number of hydrogen-bond donors (Lipinski definition) is 1. The molecule has 1 aliphatic heterocycles. The molecule has 1 aliphatic rings. The second-order valence-corrected chi connectivity index (χ2v) is 8.38. The highest BCUT2D eigenvalue weighted by Crippen LogP contribution is 2.26. The van der Waals surface area contributed by atoms with Crippen LogP contribution in [-0.4, -0.2) is 35.8 Å². The Hall–Kier alpha value is -2.66. The number of fused-ring (bicyclic) bond motifs is 1. The third-order valence-electron chi connectivity index (χ3n) is 5.67. The first-order chi connectivity index (χ1) is 14.2. The maximum atomic E-state index is 12.8. The molecule has 0 bridgehead atoms. The molecule has 0 aliphatic carbocycles. The van der Waals surface area contributed by atoms with Gasteiger partial charge in [-0.15, -0.1) is 0 Å². The molecule has 1 aromatic heterocycles. The van der Waals surface area contributed by atoms with Crippen LogP contribution in [0.3, 0.4) is 0 Å². The van der Waals surface area contributed by atoms with Crippen molar-refractivity contribution < 1.29 is 9.59 Å². The molecule has 2 amide bonds. The van der Waals surface area contributed by atoms with Crippen molar-refractivity contribution in [3.05, 3.63) is 70.4 Å². The molecule has 0 spiro atoms. The summed E-state index contributed by atoms with van der Waals surface area (Å²) in [7, 11) is 0. The van der Waals surface area contributed by atoms with E-state index in [9.17, 15) is 9.59 Å². The van der Waals surface area contributed by atoms with Crippen LogP contribution >= 0.6 is 11.3 Å². The van der Waals surface area contributed by atoms with E-state index in [1.54, 1.807) is 0 Å². The van der Waals surface area contributed by atoms with Gasteiger partial charge < -0.3 is 10.2 Å². The van der Waals surface area contributed by atoms with Crippen LogP contribution in [0.5, 0.6) is 0 Å². The molecular weight excluding hydrogens is 380 g/mol. The van der Waals surface area contributed by atoms with Gasteiger partial charge in [0.2, 0.25) is 5.91 Å². The minimum atomic E-state index is -0.0614. The van der Waals surface area contributed by atoms with Crippen molar-refractivity contribution >= 4 is 33.9 Å². The van der Waals surface area contributed by atoms with Crippen molar-refractivity contribution in [2.45, 2.75) is 38.1 Å². The minimum absolute atomic E-state index is 0.0614. The Morgan fingerprint density at radius 1 is 1.10 bits per heavy atom. The third kappa shape index (κ3) is 4.67. The molecule has 1 saturated heterocycles. The van der Waals surface area contributed by atoms with E-state index < -0.39 is 0 Å². The number of thiophene rings is 1. The van der Waals surface area contributed by atoms with Crippen LogP contribution in [0.25, 0.3) is 10.8 Å². The number of carbonyl (C=O) groups is 2. The van der Waals surface area contributed by atoms with Crippen LogP contribution in [0.2, 0.25) is 0 Å². The van der Waals surface area contributed by atoms with E-state index in [1.165, 1.54) is 27.7 Å². The average Bonchev–Trinajstić information content (AvgIpc) is 3.43. The topological polar surface area (TPSA) is 49.4 Å². The van der Waals surface area contributed by atoms with Gasteiger partial charge in [-0.2, -0.15) is 11.3 Å². The summed E-state index contributed by atoms with van der Waals surface area (Å²) < 4.78 is 0. The fraction of sp³-hybridized carbons (Fsp3) is 0.333. The number of rotatable bonds is 7. The van der Waals surface area contributed by atoms with Crippen molar-refractivity contribution in [3.63, 3.8) is 0 Å². The second kappa shape index (κ2) is 9.23. The van der Waals surface area contributed by atoms with Gasteiger partial charge in [0.1, 0.15) is 0 Å². The molecule has 4 nitrogen and oxygen atoms in total. The lowest BCUT2D eigenvalue weighted by molar-refractivity contribution is -0.132. The third-order valence-corrected chi connectivity index (χ3v) is 6.35. The van der Waals surface area contributed by atoms with E-state index in [4.69, 9.17) is 0 Å². The Kier molecular flexibility index (Phi) is 6.25. The molecule has 0 unspecified atom stereocenters. The first-order valence-corrected chi connectivity index (χ1v) is 11.2. The summed E-state index contributed by atoms with van der Waals surface area (Å²) in [6, 6.07) is 17.0. The van der Waals surface area contributed by atoms with Crippen molar-refractivity contribution in [1.29, 1.82) is 0 Å². The normalized spacial score (nSPS) is 16.3. The molecule has 3 aromatic rings. The summed E-state index contributed by atoms with van der Waals surface area (Å²) in [4.78, 5) is 26.8. The molecule has 150 valence electrons. The quantitative estimate of drug-likeness (QED) is 0.581. The maximum Gasteiger partial charge on any atom is 0.252 e. The maximum absolute atomic E-state index is 12.8. The summed E-state index contributed by atoms with van der Waals surface area (Å²) in [6.45, 7) is 1.37.